The van der Waals surface area contributed by atoms with Gasteiger partial charge in [-0.15, -0.1) is 0 Å². The second-order valence-corrected chi connectivity index (χ2v) is 4.80. The molecule has 2 rings (SSSR count). The van der Waals surface area contributed by atoms with Crippen molar-refractivity contribution in [3.8, 4) is 0 Å². The maximum atomic E-state index is 11.9. The van der Waals surface area contributed by atoms with Crippen molar-refractivity contribution < 1.29 is 14.3 Å². The van der Waals surface area contributed by atoms with Crippen LogP contribution in [0.1, 0.15) is 38.4 Å². The molecule has 0 amide bonds. The number of esters is 1. The van der Waals surface area contributed by atoms with E-state index in [1.807, 2.05) is 17.7 Å². The summed E-state index contributed by atoms with van der Waals surface area (Å²) in [4.78, 5) is 11.9. The van der Waals surface area contributed by atoms with Gasteiger partial charge in [0.25, 0.3) is 0 Å². The standard InChI is InChI=1S/C13H20N2O3/c1-4-18-13(16)11-8-17-7-10(11)12-5-6-14-15(12)9(2)3/h5-6,9-11H,4,7-8H2,1-3H3/t10-,11+/m0/s1. The van der Waals surface area contributed by atoms with Crippen molar-refractivity contribution in [2.24, 2.45) is 5.92 Å². The van der Waals surface area contributed by atoms with Gasteiger partial charge in [-0.1, -0.05) is 0 Å². The van der Waals surface area contributed by atoms with Crippen LogP contribution in [-0.4, -0.2) is 35.6 Å². The molecule has 0 bridgehead atoms. The average molecular weight is 252 g/mol. The van der Waals surface area contributed by atoms with Gasteiger partial charge in [0.1, 0.15) is 0 Å². The third-order valence-electron chi connectivity index (χ3n) is 3.24. The van der Waals surface area contributed by atoms with Gasteiger partial charge in [-0.05, 0) is 26.8 Å². The fourth-order valence-electron chi connectivity index (χ4n) is 2.38. The van der Waals surface area contributed by atoms with E-state index in [1.54, 1.807) is 6.20 Å². The Labute approximate surface area is 107 Å². The van der Waals surface area contributed by atoms with E-state index in [4.69, 9.17) is 9.47 Å². The summed E-state index contributed by atoms with van der Waals surface area (Å²) in [5, 5.41) is 4.31. The van der Waals surface area contributed by atoms with Crippen LogP contribution in [0.2, 0.25) is 0 Å². The summed E-state index contributed by atoms with van der Waals surface area (Å²) in [5.41, 5.74) is 1.06. The van der Waals surface area contributed by atoms with E-state index in [2.05, 4.69) is 18.9 Å². The molecule has 5 heteroatoms. The molecule has 0 saturated carbocycles. The molecule has 1 aliphatic rings. The highest BCUT2D eigenvalue weighted by Gasteiger charge is 2.38. The quantitative estimate of drug-likeness (QED) is 0.766. The highest BCUT2D eigenvalue weighted by atomic mass is 16.5. The van der Waals surface area contributed by atoms with Gasteiger partial charge in [-0.2, -0.15) is 5.10 Å². The molecule has 18 heavy (non-hydrogen) atoms. The minimum absolute atomic E-state index is 0.0500. The predicted molar refractivity (Wildman–Crippen MR) is 66.3 cm³/mol. The molecule has 100 valence electrons. The Morgan fingerprint density at radius 3 is 3.06 bits per heavy atom. The Hall–Kier alpha value is -1.36. The molecule has 0 N–H and O–H groups in total. The first-order valence-electron chi connectivity index (χ1n) is 6.43. The summed E-state index contributed by atoms with van der Waals surface area (Å²) in [6, 6.07) is 2.24. The van der Waals surface area contributed by atoms with E-state index in [9.17, 15) is 4.79 Å². The van der Waals surface area contributed by atoms with E-state index in [0.29, 0.717) is 19.8 Å². The van der Waals surface area contributed by atoms with E-state index in [1.165, 1.54) is 0 Å². The summed E-state index contributed by atoms with van der Waals surface area (Å²) < 4.78 is 12.5. The van der Waals surface area contributed by atoms with Gasteiger partial charge in [0.05, 0.1) is 25.7 Å². The van der Waals surface area contributed by atoms with Crippen molar-refractivity contribution in [3.05, 3.63) is 18.0 Å². The largest absolute Gasteiger partial charge is 0.466 e. The number of carbonyl (C=O) groups is 1. The van der Waals surface area contributed by atoms with Crippen LogP contribution in [0.5, 0.6) is 0 Å². The zero-order valence-corrected chi connectivity index (χ0v) is 11.1. The summed E-state index contributed by atoms with van der Waals surface area (Å²) in [6.07, 6.45) is 1.77. The van der Waals surface area contributed by atoms with Crippen molar-refractivity contribution in [2.75, 3.05) is 19.8 Å². The van der Waals surface area contributed by atoms with Gasteiger partial charge in [-0.3, -0.25) is 9.48 Å². The Morgan fingerprint density at radius 2 is 2.39 bits per heavy atom. The Balaban J connectivity index is 2.20. The van der Waals surface area contributed by atoms with Crippen molar-refractivity contribution in [1.29, 1.82) is 0 Å². The molecule has 2 heterocycles. The van der Waals surface area contributed by atoms with Crippen molar-refractivity contribution in [1.82, 2.24) is 9.78 Å². The monoisotopic (exact) mass is 252 g/mol. The van der Waals surface area contributed by atoms with Crippen molar-refractivity contribution in [3.63, 3.8) is 0 Å². The lowest BCUT2D eigenvalue weighted by atomic mass is 9.92. The molecular weight excluding hydrogens is 232 g/mol. The Morgan fingerprint density at radius 1 is 1.61 bits per heavy atom. The number of ether oxygens (including phenoxy) is 2. The molecule has 1 saturated heterocycles. The van der Waals surface area contributed by atoms with Gasteiger partial charge >= 0.3 is 5.97 Å². The first-order valence-corrected chi connectivity index (χ1v) is 6.43. The molecule has 1 fully saturated rings. The van der Waals surface area contributed by atoms with Crippen LogP contribution in [0.3, 0.4) is 0 Å². The second-order valence-electron chi connectivity index (χ2n) is 4.80. The third kappa shape index (κ3) is 2.41. The van der Waals surface area contributed by atoms with Crippen LogP contribution in [-0.2, 0) is 14.3 Å². The minimum atomic E-state index is -0.209. The van der Waals surface area contributed by atoms with Crippen LogP contribution >= 0.6 is 0 Å². The van der Waals surface area contributed by atoms with E-state index < -0.39 is 0 Å². The molecule has 1 aliphatic heterocycles. The average Bonchev–Trinajstić information content (AvgIpc) is 2.97. The molecule has 0 unspecified atom stereocenters. The Kier molecular flexibility index (Phi) is 4.01. The SMILES string of the molecule is CCOC(=O)[C@@H]1COC[C@@H]1c1ccnn1C(C)C. The normalized spacial score (nSPS) is 23.6. The van der Waals surface area contributed by atoms with Crippen LogP contribution in [0.15, 0.2) is 12.3 Å². The highest BCUT2D eigenvalue weighted by molar-refractivity contribution is 5.74. The zero-order valence-electron chi connectivity index (χ0n) is 11.1. The maximum absolute atomic E-state index is 11.9. The molecule has 0 aliphatic carbocycles. The van der Waals surface area contributed by atoms with Crippen LogP contribution in [0.25, 0.3) is 0 Å². The highest BCUT2D eigenvalue weighted by Crippen LogP contribution is 2.32. The lowest BCUT2D eigenvalue weighted by Gasteiger charge is -2.19. The first-order chi connectivity index (χ1) is 8.65. The van der Waals surface area contributed by atoms with E-state index >= 15 is 0 Å². The van der Waals surface area contributed by atoms with Crippen molar-refractivity contribution >= 4 is 5.97 Å². The van der Waals surface area contributed by atoms with E-state index in [0.717, 1.165) is 5.69 Å². The van der Waals surface area contributed by atoms with Crippen LogP contribution in [0, 0.1) is 5.92 Å². The van der Waals surface area contributed by atoms with Crippen LogP contribution < -0.4 is 0 Å². The molecule has 0 aromatic carbocycles. The lowest BCUT2D eigenvalue weighted by Crippen LogP contribution is -2.25. The number of hydrogen-bond donors (Lipinski definition) is 0. The molecule has 0 spiro atoms. The zero-order chi connectivity index (χ0) is 13.1. The summed E-state index contributed by atoms with van der Waals surface area (Å²) in [6.45, 7) is 7.37. The van der Waals surface area contributed by atoms with Crippen LogP contribution in [0.4, 0.5) is 0 Å². The predicted octanol–water partition coefficient (Wildman–Crippen LogP) is 1.76. The van der Waals surface area contributed by atoms with E-state index in [-0.39, 0.29) is 23.8 Å². The molecule has 2 atom stereocenters. The van der Waals surface area contributed by atoms with Gasteiger partial charge in [0.2, 0.25) is 0 Å². The number of aromatic nitrogens is 2. The molecule has 5 nitrogen and oxygen atoms in total. The van der Waals surface area contributed by atoms with Gasteiger partial charge < -0.3 is 9.47 Å². The number of carbonyl (C=O) groups excluding carboxylic acids is 1. The molecule has 0 radical (unpaired) electrons. The maximum Gasteiger partial charge on any atom is 0.312 e. The number of nitrogens with zero attached hydrogens (tertiary/aromatic N) is 2. The molecule has 1 aromatic rings. The first kappa shape index (κ1) is 13.1. The smallest absolute Gasteiger partial charge is 0.312 e. The Bertz CT molecular complexity index is 414. The lowest BCUT2D eigenvalue weighted by molar-refractivity contribution is -0.148. The van der Waals surface area contributed by atoms with Crippen molar-refractivity contribution in [2.45, 2.75) is 32.7 Å². The minimum Gasteiger partial charge on any atom is -0.466 e. The topological polar surface area (TPSA) is 53.4 Å². The molecular formula is C13H20N2O3. The second kappa shape index (κ2) is 5.52. The van der Waals surface area contributed by atoms with Gasteiger partial charge in [0, 0.05) is 23.9 Å². The molecule has 1 aromatic heterocycles. The summed E-state index contributed by atoms with van der Waals surface area (Å²) in [7, 11) is 0. The number of hydrogen-bond acceptors (Lipinski definition) is 4. The fraction of sp³-hybridized carbons (Fsp3) is 0.692. The number of rotatable bonds is 4. The van der Waals surface area contributed by atoms with Gasteiger partial charge in [-0.25, -0.2) is 0 Å². The third-order valence-corrected chi connectivity index (χ3v) is 3.24. The summed E-state index contributed by atoms with van der Waals surface area (Å²) in [5.74, 6) is -0.329. The van der Waals surface area contributed by atoms with Gasteiger partial charge in [0.15, 0.2) is 0 Å². The summed E-state index contributed by atoms with van der Waals surface area (Å²) >= 11 is 0. The fourth-order valence-corrected chi connectivity index (χ4v) is 2.38.